The predicted molar refractivity (Wildman–Crippen MR) is 115 cm³/mol. The van der Waals surface area contributed by atoms with Crippen molar-refractivity contribution in [3.63, 3.8) is 0 Å². The minimum atomic E-state index is -0.403. The van der Waals surface area contributed by atoms with Crippen LogP contribution in [0.3, 0.4) is 0 Å². The maximum atomic E-state index is 13.4. The molecule has 31 heavy (non-hydrogen) atoms. The lowest BCUT2D eigenvalue weighted by Crippen LogP contribution is -2.43. The molecule has 2 saturated heterocycles. The molecular formula is C22H22N4O4S. The van der Waals surface area contributed by atoms with Crippen LogP contribution < -0.4 is 0 Å². The van der Waals surface area contributed by atoms with Crippen molar-refractivity contribution in [2.45, 2.75) is 6.10 Å². The van der Waals surface area contributed by atoms with E-state index in [-0.39, 0.29) is 11.8 Å². The summed E-state index contributed by atoms with van der Waals surface area (Å²) in [6.45, 7) is 3.45. The second-order valence-electron chi connectivity index (χ2n) is 7.43. The Bertz CT molecular complexity index is 1100. The van der Waals surface area contributed by atoms with E-state index >= 15 is 0 Å². The minimum Gasteiger partial charge on any atom is -0.378 e. The van der Waals surface area contributed by atoms with Gasteiger partial charge in [0.05, 0.1) is 26.4 Å². The van der Waals surface area contributed by atoms with E-state index < -0.39 is 6.10 Å². The lowest BCUT2D eigenvalue weighted by molar-refractivity contribution is -0.0227. The van der Waals surface area contributed by atoms with E-state index in [1.807, 2.05) is 17.0 Å². The highest BCUT2D eigenvalue weighted by Crippen LogP contribution is 2.38. The monoisotopic (exact) mass is 438 g/mol. The van der Waals surface area contributed by atoms with Crippen molar-refractivity contribution in [2.24, 2.45) is 0 Å². The summed E-state index contributed by atoms with van der Waals surface area (Å²) in [6, 6.07) is 9.13. The molecule has 2 amide bonds. The lowest BCUT2D eigenvalue weighted by atomic mass is 10.0. The molecule has 2 aliphatic rings. The number of thiophene rings is 1. The third-order valence-electron chi connectivity index (χ3n) is 5.56. The standard InChI is InChI=1S/C22H22N4O4S/c27-21(16-5-1-2-6-23-16)26-10-13-30-17(14-26)18-15-4-3-7-24-20(15)31-19(18)22(28)25-8-11-29-12-9-25/h1-7,17H,8-14H2/t17-/m0/s1. The number of morpholine rings is 2. The molecule has 1 atom stereocenters. The first-order valence-electron chi connectivity index (χ1n) is 10.3. The molecule has 0 N–H and O–H groups in total. The van der Waals surface area contributed by atoms with Crippen LogP contribution in [0.15, 0.2) is 42.7 Å². The van der Waals surface area contributed by atoms with Crippen LogP contribution in [0.1, 0.15) is 31.8 Å². The summed E-state index contributed by atoms with van der Waals surface area (Å²) >= 11 is 1.39. The van der Waals surface area contributed by atoms with Gasteiger partial charge in [0.25, 0.3) is 11.8 Å². The molecule has 2 aliphatic heterocycles. The molecule has 0 aliphatic carbocycles. The molecule has 2 fully saturated rings. The van der Waals surface area contributed by atoms with Gasteiger partial charge in [-0.25, -0.2) is 4.98 Å². The van der Waals surface area contributed by atoms with Crippen molar-refractivity contribution >= 4 is 33.4 Å². The first-order chi connectivity index (χ1) is 15.2. The van der Waals surface area contributed by atoms with Gasteiger partial charge in [-0.1, -0.05) is 12.1 Å². The van der Waals surface area contributed by atoms with Crippen LogP contribution in [-0.4, -0.2) is 77.6 Å². The molecule has 0 spiro atoms. The molecule has 3 aromatic heterocycles. The molecule has 160 valence electrons. The number of nitrogens with zero attached hydrogens (tertiary/aromatic N) is 4. The summed E-state index contributed by atoms with van der Waals surface area (Å²) in [6.07, 6.45) is 2.94. The summed E-state index contributed by atoms with van der Waals surface area (Å²) in [4.78, 5) is 40.0. The van der Waals surface area contributed by atoms with Gasteiger partial charge < -0.3 is 19.3 Å². The number of aromatic nitrogens is 2. The van der Waals surface area contributed by atoms with Crippen molar-refractivity contribution in [1.82, 2.24) is 19.8 Å². The number of amides is 2. The van der Waals surface area contributed by atoms with Gasteiger partial charge in [0, 0.05) is 43.0 Å². The number of ether oxygens (including phenoxy) is 2. The molecule has 0 aromatic carbocycles. The fourth-order valence-electron chi connectivity index (χ4n) is 4.00. The van der Waals surface area contributed by atoms with Crippen LogP contribution in [0, 0.1) is 0 Å². The highest BCUT2D eigenvalue weighted by atomic mass is 32.1. The average molecular weight is 439 g/mol. The predicted octanol–water partition coefficient (Wildman–Crippen LogP) is 2.38. The van der Waals surface area contributed by atoms with Gasteiger partial charge in [-0.15, -0.1) is 11.3 Å². The summed E-state index contributed by atoms with van der Waals surface area (Å²) in [7, 11) is 0. The lowest BCUT2D eigenvalue weighted by Gasteiger charge is -2.34. The second kappa shape index (κ2) is 8.70. The summed E-state index contributed by atoms with van der Waals surface area (Å²) in [5.74, 6) is -0.161. The van der Waals surface area contributed by atoms with Gasteiger partial charge >= 0.3 is 0 Å². The molecule has 0 unspecified atom stereocenters. The van der Waals surface area contributed by atoms with Gasteiger partial charge in [0.15, 0.2) is 0 Å². The quantitative estimate of drug-likeness (QED) is 0.624. The molecule has 3 aromatic rings. The second-order valence-corrected chi connectivity index (χ2v) is 8.43. The van der Waals surface area contributed by atoms with Gasteiger partial charge in [-0.3, -0.25) is 14.6 Å². The number of hydrogen-bond donors (Lipinski definition) is 0. The van der Waals surface area contributed by atoms with Crippen molar-refractivity contribution in [3.05, 3.63) is 58.9 Å². The maximum Gasteiger partial charge on any atom is 0.272 e. The van der Waals surface area contributed by atoms with Gasteiger partial charge in [0.1, 0.15) is 21.5 Å². The SMILES string of the molecule is O=C(c1ccccn1)N1CCO[C@H](c2c(C(=O)N3CCOCC3)sc3ncccc23)C1. The first-order valence-corrected chi connectivity index (χ1v) is 11.1. The van der Waals surface area contributed by atoms with Crippen molar-refractivity contribution < 1.29 is 19.1 Å². The average Bonchev–Trinajstić information content (AvgIpc) is 3.24. The van der Waals surface area contributed by atoms with E-state index in [9.17, 15) is 9.59 Å². The van der Waals surface area contributed by atoms with Crippen molar-refractivity contribution in [1.29, 1.82) is 0 Å². The zero-order valence-electron chi connectivity index (χ0n) is 16.9. The van der Waals surface area contributed by atoms with Crippen LogP contribution in [0.5, 0.6) is 0 Å². The number of pyridine rings is 2. The Kier molecular flexibility index (Phi) is 5.63. The Labute approximate surface area is 183 Å². The highest BCUT2D eigenvalue weighted by molar-refractivity contribution is 7.20. The molecule has 8 nitrogen and oxygen atoms in total. The van der Waals surface area contributed by atoms with Gasteiger partial charge in [0.2, 0.25) is 0 Å². The Balaban J connectivity index is 1.48. The van der Waals surface area contributed by atoms with E-state index in [4.69, 9.17) is 9.47 Å². The molecule has 0 radical (unpaired) electrons. The Morgan fingerprint density at radius 3 is 2.55 bits per heavy atom. The zero-order chi connectivity index (χ0) is 21.2. The van der Waals surface area contributed by atoms with Crippen LogP contribution in [0.2, 0.25) is 0 Å². The van der Waals surface area contributed by atoms with E-state index in [0.717, 1.165) is 15.8 Å². The Morgan fingerprint density at radius 2 is 1.74 bits per heavy atom. The number of carbonyl (C=O) groups excluding carboxylic acids is 2. The third-order valence-corrected chi connectivity index (χ3v) is 6.67. The van der Waals surface area contributed by atoms with Crippen LogP contribution in [0.25, 0.3) is 10.2 Å². The Morgan fingerprint density at radius 1 is 0.935 bits per heavy atom. The summed E-state index contributed by atoms with van der Waals surface area (Å²) in [5.41, 5.74) is 1.23. The van der Waals surface area contributed by atoms with Crippen molar-refractivity contribution in [3.8, 4) is 0 Å². The normalized spacial score (nSPS) is 19.5. The van der Waals surface area contributed by atoms with E-state index in [1.165, 1.54) is 11.3 Å². The summed E-state index contributed by atoms with van der Waals surface area (Å²) in [5, 5.41) is 0.904. The molecule has 9 heteroatoms. The largest absolute Gasteiger partial charge is 0.378 e. The molecule has 5 rings (SSSR count). The number of fused-ring (bicyclic) bond motifs is 1. The smallest absolute Gasteiger partial charge is 0.272 e. The third kappa shape index (κ3) is 3.91. The van der Waals surface area contributed by atoms with E-state index in [0.29, 0.717) is 56.6 Å². The van der Waals surface area contributed by atoms with Crippen LogP contribution in [-0.2, 0) is 9.47 Å². The van der Waals surface area contributed by atoms with Gasteiger partial charge in [-0.2, -0.15) is 0 Å². The topological polar surface area (TPSA) is 84.9 Å². The van der Waals surface area contributed by atoms with Crippen molar-refractivity contribution in [2.75, 3.05) is 46.0 Å². The molecular weight excluding hydrogens is 416 g/mol. The number of rotatable bonds is 3. The Hall–Kier alpha value is -2.88. The van der Waals surface area contributed by atoms with Crippen LogP contribution in [0.4, 0.5) is 0 Å². The zero-order valence-corrected chi connectivity index (χ0v) is 17.7. The number of carbonyl (C=O) groups is 2. The highest BCUT2D eigenvalue weighted by Gasteiger charge is 2.34. The molecule has 0 saturated carbocycles. The minimum absolute atomic E-state index is 0.0296. The molecule has 5 heterocycles. The fraction of sp³-hybridized carbons (Fsp3) is 0.364. The van der Waals surface area contributed by atoms with Gasteiger partial charge in [-0.05, 0) is 18.2 Å². The molecule has 0 bridgehead atoms. The van der Waals surface area contributed by atoms with E-state index in [2.05, 4.69) is 9.97 Å². The first kappa shape index (κ1) is 20.0. The number of hydrogen-bond acceptors (Lipinski definition) is 7. The fourth-order valence-corrected chi connectivity index (χ4v) is 5.16. The summed E-state index contributed by atoms with van der Waals surface area (Å²) < 4.78 is 11.5. The van der Waals surface area contributed by atoms with E-state index in [1.54, 1.807) is 35.5 Å². The van der Waals surface area contributed by atoms with Crippen LogP contribution >= 0.6 is 11.3 Å². The maximum absolute atomic E-state index is 13.4.